The minimum absolute atomic E-state index is 0.00577. The zero-order valence-electron chi connectivity index (χ0n) is 12.2. The molecule has 0 saturated heterocycles. The number of carbonyl (C=O) groups is 2. The molecule has 1 atom stereocenters. The molecule has 0 aromatic heterocycles. The van der Waals surface area contributed by atoms with E-state index < -0.39 is 21.8 Å². The van der Waals surface area contributed by atoms with E-state index in [2.05, 4.69) is 5.32 Å². The third-order valence-electron chi connectivity index (χ3n) is 2.84. The molecule has 1 aromatic rings. The number of carbonyl (C=O) groups excluding carboxylic acids is 1. The van der Waals surface area contributed by atoms with Crippen LogP contribution in [-0.4, -0.2) is 48.7 Å². The Kier molecular flexibility index (Phi) is 7.40. The largest absolute Gasteiger partial charge is 0.481 e. The summed E-state index contributed by atoms with van der Waals surface area (Å²) in [7, 11) is -3.47. The highest BCUT2D eigenvalue weighted by Gasteiger charge is 2.21. The van der Waals surface area contributed by atoms with Crippen LogP contribution >= 0.6 is 11.8 Å². The van der Waals surface area contributed by atoms with Crippen molar-refractivity contribution < 1.29 is 23.1 Å². The first kappa shape index (κ1) is 18.5. The van der Waals surface area contributed by atoms with Crippen LogP contribution in [0, 0.1) is 0 Å². The Balaban J connectivity index is 2.58. The van der Waals surface area contributed by atoms with E-state index in [9.17, 15) is 18.0 Å². The molecule has 0 saturated carbocycles. The molecule has 1 amide bonds. The van der Waals surface area contributed by atoms with Gasteiger partial charge in [0.05, 0.1) is 22.2 Å². The minimum atomic E-state index is -3.47. The van der Waals surface area contributed by atoms with Crippen LogP contribution in [0.2, 0.25) is 0 Å². The Labute approximate surface area is 134 Å². The third kappa shape index (κ3) is 6.48. The Morgan fingerprint density at radius 1 is 1.23 bits per heavy atom. The van der Waals surface area contributed by atoms with Crippen molar-refractivity contribution in [3.05, 3.63) is 30.3 Å². The highest BCUT2D eigenvalue weighted by molar-refractivity contribution is 8.00. The Bertz CT molecular complexity index is 601. The summed E-state index contributed by atoms with van der Waals surface area (Å²) in [6.45, 7) is 1.79. The molecular weight excluding hydrogens is 326 g/mol. The Morgan fingerprint density at radius 3 is 2.41 bits per heavy atom. The zero-order chi connectivity index (χ0) is 16.6. The van der Waals surface area contributed by atoms with Gasteiger partial charge in [-0.3, -0.25) is 9.59 Å². The quantitative estimate of drug-likeness (QED) is 0.697. The third-order valence-corrected chi connectivity index (χ3v) is 5.59. The fraction of sp³-hybridized carbons (Fsp3) is 0.429. The molecule has 6 nitrogen and oxygen atoms in total. The van der Waals surface area contributed by atoms with Gasteiger partial charge in [0.2, 0.25) is 5.91 Å². The van der Waals surface area contributed by atoms with E-state index >= 15 is 0 Å². The lowest BCUT2D eigenvalue weighted by Gasteiger charge is -2.17. The number of thioether (sulfide) groups is 1. The molecule has 2 N–H and O–H groups in total. The zero-order valence-corrected chi connectivity index (χ0v) is 13.8. The van der Waals surface area contributed by atoms with Crippen molar-refractivity contribution in [3.63, 3.8) is 0 Å². The molecule has 122 valence electrons. The second-order valence-electron chi connectivity index (χ2n) is 4.65. The summed E-state index contributed by atoms with van der Waals surface area (Å²) in [6, 6.07) is 7.57. The average molecular weight is 345 g/mol. The van der Waals surface area contributed by atoms with Gasteiger partial charge in [0.1, 0.15) is 0 Å². The monoisotopic (exact) mass is 345 g/mol. The molecule has 0 aliphatic carbocycles. The van der Waals surface area contributed by atoms with Crippen LogP contribution in [-0.2, 0) is 19.4 Å². The van der Waals surface area contributed by atoms with Crippen molar-refractivity contribution in [2.24, 2.45) is 0 Å². The number of amides is 1. The van der Waals surface area contributed by atoms with Gasteiger partial charge in [0.25, 0.3) is 0 Å². The van der Waals surface area contributed by atoms with Gasteiger partial charge in [-0.1, -0.05) is 25.1 Å². The van der Waals surface area contributed by atoms with Crippen LogP contribution in [0.4, 0.5) is 0 Å². The van der Waals surface area contributed by atoms with Crippen LogP contribution in [0.15, 0.2) is 35.2 Å². The first-order valence-electron chi connectivity index (χ1n) is 6.72. The average Bonchev–Trinajstić information content (AvgIpc) is 2.46. The van der Waals surface area contributed by atoms with Gasteiger partial charge in [-0.25, -0.2) is 8.42 Å². The lowest BCUT2D eigenvalue weighted by Crippen LogP contribution is -2.40. The topological polar surface area (TPSA) is 101 Å². The van der Waals surface area contributed by atoms with Crippen LogP contribution in [0.25, 0.3) is 0 Å². The molecule has 0 aliphatic heterocycles. The second-order valence-corrected chi connectivity index (χ2v) is 7.67. The molecule has 1 rings (SSSR count). The van der Waals surface area contributed by atoms with E-state index in [0.717, 1.165) is 11.8 Å². The molecule has 0 spiro atoms. The predicted molar refractivity (Wildman–Crippen MR) is 85.7 cm³/mol. The summed E-state index contributed by atoms with van der Waals surface area (Å²) in [5.41, 5.74) is 0. The predicted octanol–water partition coefficient (Wildman–Crippen LogP) is 1.17. The highest BCUT2D eigenvalue weighted by atomic mass is 32.2. The van der Waals surface area contributed by atoms with Crippen LogP contribution < -0.4 is 5.32 Å². The summed E-state index contributed by atoms with van der Waals surface area (Å²) in [6.07, 6.45) is 0.474. The van der Waals surface area contributed by atoms with Gasteiger partial charge in [0, 0.05) is 6.04 Å². The summed E-state index contributed by atoms with van der Waals surface area (Å²) >= 11 is 0.975. The summed E-state index contributed by atoms with van der Waals surface area (Å²) in [5.74, 6) is -1.69. The van der Waals surface area contributed by atoms with Gasteiger partial charge < -0.3 is 10.4 Å². The fourth-order valence-electron chi connectivity index (χ4n) is 1.75. The number of hydrogen-bond donors (Lipinski definition) is 2. The molecule has 0 radical (unpaired) electrons. The summed E-state index contributed by atoms with van der Waals surface area (Å²) in [5, 5.41) is 11.1. The second kappa shape index (κ2) is 8.79. The van der Waals surface area contributed by atoms with E-state index in [0.29, 0.717) is 6.42 Å². The fourth-order valence-corrected chi connectivity index (χ4v) is 3.91. The Hall–Kier alpha value is -1.54. The Morgan fingerprint density at radius 2 is 1.86 bits per heavy atom. The number of rotatable bonds is 9. The molecule has 8 heteroatoms. The maximum atomic E-state index is 12.3. The standard InChI is InChI=1S/C14H19NO5S2/c1-2-11(15-13(16)8-21-9-14(17)18)10-22(19,20)12-6-4-3-5-7-12/h3-7,11H,2,8-10H2,1H3,(H,15,16)(H,17,18). The van der Waals surface area contributed by atoms with E-state index in [1.165, 1.54) is 12.1 Å². The first-order chi connectivity index (χ1) is 10.3. The van der Waals surface area contributed by atoms with Crippen molar-refractivity contribution in [1.82, 2.24) is 5.32 Å². The van der Waals surface area contributed by atoms with Crippen LogP contribution in [0.1, 0.15) is 13.3 Å². The maximum absolute atomic E-state index is 12.3. The van der Waals surface area contributed by atoms with Gasteiger partial charge >= 0.3 is 5.97 Å². The van der Waals surface area contributed by atoms with Crippen LogP contribution in [0.5, 0.6) is 0 Å². The highest BCUT2D eigenvalue weighted by Crippen LogP contribution is 2.12. The molecular formula is C14H19NO5S2. The summed E-state index contributed by atoms with van der Waals surface area (Å²) in [4.78, 5) is 22.3. The lowest BCUT2D eigenvalue weighted by atomic mass is 10.2. The smallest absolute Gasteiger partial charge is 0.313 e. The van der Waals surface area contributed by atoms with E-state index in [1.807, 2.05) is 0 Å². The molecule has 22 heavy (non-hydrogen) atoms. The van der Waals surface area contributed by atoms with Crippen molar-refractivity contribution in [2.45, 2.75) is 24.3 Å². The number of sulfone groups is 1. The van der Waals surface area contributed by atoms with E-state index in [4.69, 9.17) is 5.11 Å². The minimum Gasteiger partial charge on any atom is -0.481 e. The van der Waals surface area contributed by atoms with Crippen molar-refractivity contribution in [1.29, 1.82) is 0 Å². The first-order valence-corrected chi connectivity index (χ1v) is 9.52. The molecule has 0 aliphatic rings. The van der Waals surface area contributed by atoms with E-state index in [-0.39, 0.29) is 28.1 Å². The van der Waals surface area contributed by atoms with Gasteiger partial charge in [0.15, 0.2) is 9.84 Å². The molecule has 0 bridgehead atoms. The van der Waals surface area contributed by atoms with Gasteiger partial charge in [-0.05, 0) is 18.6 Å². The molecule has 1 aromatic carbocycles. The van der Waals surface area contributed by atoms with Crippen molar-refractivity contribution in [2.75, 3.05) is 17.3 Å². The molecule has 1 unspecified atom stereocenters. The molecule has 0 heterocycles. The molecule has 0 fully saturated rings. The summed E-state index contributed by atoms with van der Waals surface area (Å²) < 4.78 is 24.5. The van der Waals surface area contributed by atoms with Crippen molar-refractivity contribution in [3.8, 4) is 0 Å². The van der Waals surface area contributed by atoms with Crippen molar-refractivity contribution >= 4 is 33.5 Å². The number of carboxylic acids is 1. The SMILES string of the molecule is CCC(CS(=O)(=O)c1ccccc1)NC(=O)CSCC(=O)O. The number of carboxylic acid groups (broad SMARTS) is 1. The van der Waals surface area contributed by atoms with E-state index in [1.54, 1.807) is 25.1 Å². The normalized spacial score (nSPS) is 12.6. The number of hydrogen-bond acceptors (Lipinski definition) is 5. The maximum Gasteiger partial charge on any atom is 0.313 e. The van der Waals surface area contributed by atoms with Crippen LogP contribution in [0.3, 0.4) is 0 Å². The number of nitrogens with one attached hydrogen (secondary N) is 1. The number of benzene rings is 1. The number of aliphatic carboxylic acids is 1. The lowest BCUT2D eigenvalue weighted by molar-refractivity contribution is -0.133. The van der Waals surface area contributed by atoms with Gasteiger partial charge in [-0.2, -0.15) is 0 Å². The van der Waals surface area contributed by atoms with Gasteiger partial charge in [-0.15, -0.1) is 11.8 Å².